The normalized spacial score (nSPS) is 16.3. The molecule has 1 N–H and O–H groups in total. The number of carbonyl (C=O) groups excluding carboxylic acids is 2. The minimum Gasteiger partial charge on any atom is -0.503 e. The van der Waals surface area contributed by atoms with Gasteiger partial charge in [-0.05, 0) is 56.5 Å². The van der Waals surface area contributed by atoms with Crippen molar-refractivity contribution in [3.63, 3.8) is 0 Å². The third-order valence-corrected chi connectivity index (χ3v) is 6.28. The van der Waals surface area contributed by atoms with E-state index in [0.29, 0.717) is 6.54 Å². The van der Waals surface area contributed by atoms with E-state index >= 15 is 0 Å². The molecule has 1 atom stereocenters. The molecular formula is C27H34N2O3. The fourth-order valence-corrected chi connectivity index (χ4v) is 4.34. The average Bonchev–Trinajstić information content (AvgIpc) is 3.02. The number of benzene rings is 2. The second kappa shape index (κ2) is 9.60. The lowest BCUT2D eigenvalue weighted by molar-refractivity contribution is -0.130. The summed E-state index contributed by atoms with van der Waals surface area (Å²) in [5.74, 6) is -1.44. The van der Waals surface area contributed by atoms with Gasteiger partial charge in [-0.15, -0.1) is 0 Å². The van der Waals surface area contributed by atoms with E-state index in [9.17, 15) is 14.7 Å². The van der Waals surface area contributed by atoms with Gasteiger partial charge in [-0.1, -0.05) is 49.7 Å². The Bertz CT molecular complexity index is 1030. The lowest BCUT2D eigenvalue weighted by Gasteiger charge is -2.29. The summed E-state index contributed by atoms with van der Waals surface area (Å²) in [7, 11) is 0. The summed E-state index contributed by atoms with van der Waals surface area (Å²) in [5.41, 5.74) is 5.30. The first-order valence-corrected chi connectivity index (χ1v) is 11.4. The van der Waals surface area contributed by atoms with Crippen LogP contribution in [0.1, 0.15) is 56.0 Å². The highest BCUT2D eigenvalue weighted by Crippen LogP contribution is 2.40. The number of Topliss-reactive ketones (excluding diaryl/α,β-unsaturated/α-hetero) is 1. The van der Waals surface area contributed by atoms with Gasteiger partial charge in [0.1, 0.15) is 0 Å². The SMILES string of the molecule is CCN(CC)c1ccc(C2C(C(=O)C(C)C)=C(O)C(=O)N2Cc2cc(C)ccc2C)cc1. The van der Waals surface area contributed by atoms with Crippen molar-refractivity contribution in [1.82, 2.24) is 4.90 Å². The number of hydrogen-bond acceptors (Lipinski definition) is 4. The molecule has 0 radical (unpaired) electrons. The van der Waals surface area contributed by atoms with Crippen molar-refractivity contribution in [1.29, 1.82) is 0 Å². The largest absolute Gasteiger partial charge is 0.503 e. The molecule has 3 rings (SSSR count). The molecule has 0 spiro atoms. The lowest BCUT2D eigenvalue weighted by atomic mass is 9.91. The number of aliphatic hydroxyl groups is 1. The number of hydrogen-bond donors (Lipinski definition) is 1. The Morgan fingerprint density at radius 1 is 1.06 bits per heavy atom. The number of carbonyl (C=O) groups is 2. The molecule has 32 heavy (non-hydrogen) atoms. The monoisotopic (exact) mass is 434 g/mol. The van der Waals surface area contributed by atoms with Crippen LogP contribution in [-0.2, 0) is 16.1 Å². The predicted octanol–water partition coefficient (Wildman–Crippen LogP) is 5.27. The molecule has 5 nitrogen and oxygen atoms in total. The van der Waals surface area contributed by atoms with Gasteiger partial charge in [0.25, 0.3) is 5.91 Å². The predicted molar refractivity (Wildman–Crippen MR) is 129 cm³/mol. The van der Waals surface area contributed by atoms with Gasteiger partial charge in [-0.3, -0.25) is 9.59 Å². The van der Waals surface area contributed by atoms with Crippen molar-refractivity contribution in [3.05, 3.63) is 76.1 Å². The standard InChI is InChI=1S/C27H34N2O3/c1-7-28(8-2)22-13-11-20(12-14-22)24-23(25(30)17(3)4)26(31)27(32)29(24)16-21-15-18(5)9-10-19(21)6/h9-15,17,24,31H,7-8,16H2,1-6H3. The molecule has 0 saturated heterocycles. The van der Waals surface area contributed by atoms with E-state index in [1.54, 1.807) is 18.7 Å². The molecule has 1 aliphatic heterocycles. The Hall–Kier alpha value is -3.08. The Kier molecular flexibility index (Phi) is 7.07. The van der Waals surface area contributed by atoms with Crippen LogP contribution in [0.25, 0.3) is 0 Å². The summed E-state index contributed by atoms with van der Waals surface area (Å²) in [4.78, 5) is 30.1. The van der Waals surface area contributed by atoms with Crippen LogP contribution in [0, 0.1) is 19.8 Å². The second-order valence-electron chi connectivity index (χ2n) is 8.81. The Morgan fingerprint density at radius 2 is 1.69 bits per heavy atom. The molecule has 0 fully saturated rings. The molecule has 1 unspecified atom stereocenters. The van der Waals surface area contributed by atoms with E-state index in [4.69, 9.17) is 0 Å². The highest BCUT2D eigenvalue weighted by Gasteiger charge is 2.44. The Balaban J connectivity index is 2.07. The molecule has 0 aliphatic carbocycles. The molecule has 0 bridgehead atoms. The molecule has 5 heteroatoms. The van der Waals surface area contributed by atoms with Crippen LogP contribution in [0.15, 0.2) is 53.8 Å². The van der Waals surface area contributed by atoms with Gasteiger partial charge in [-0.2, -0.15) is 0 Å². The molecule has 2 aromatic carbocycles. The van der Waals surface area contributed by atoms with Gasteiger partial charge in [0.15, 0.2) is 11.5 Å². The smallest absolute Gasteiger partial charge is 0.290 e. The van der Waals surface area contributed by atoms with Crippen molar-refractivity contribution in [2.45, 2.75) is 54.1 Å². The molecule has 170 valence electrons. The van der Waals surface area contributed by atoms with Crippen molar-refractivity contribution in [3.8, 4) is 0 Å². The van der Waals surface area contributed by atoms with E-state index in [-0.39, 0.29) is 17.3 Å². The molecule has 2 aromatic rings. The van der Waals surface area contributed by atoms with Crippen LogP contribution >= 0.6 is 0 Å². The van der Waals surface area contributed by atoms with Gasteiger partial charge < -0.3 is 14.9 Å². The second-order valence-corrected chi connectivity index (χ2v) is 8.81. The number of aryl methyl sites for hydroxylation is 2. The maximum absolute atomic E-state index is 13.2. The van der Waals surface area contributed by atoms with Gasteiger partial charge in [0, 0.05) is 31.2 Å². The minimum absolute atomic E-state index is 0.197. The molecule has 1 amide bonds. The van der Waals surface area contributed by atoms with E-state index in [1.165, 1.54) is 0 Å². The first-order chi connectivity index (χ1) is 15.2. The van der Waals surface area contributed by atoms with Crippen LogP contribution in [0.4, 0.5) is 5.69 Å². The maximum atomic E-state index is 13.2. The number of anilines is 1. The molecule has 1 aliphatic rings. The lowest BCUT2D eigenvalue weighted by Crippen LogP contribution is -2.31. The summed E-state index contributed by atoms with van der Waals surface area (Å²) in [6, 6.07) is 13.5. The fourth-order valence-electron chi connectivity index (χ4n) is 4.34. The topological polar surface area (TPSA) is 60.9 Å². The zero-order chi connectivity index (χ0) is 23.6. The minimum atomic E-state index is -0.608. The Morgan fingerprint density at radius 3 is 2.25 bits per heavy atom. The van der Waals surface area contributed by atoms with E-state index in [2.05, 4.69) is 24.8 Å². The summed E-state index contributed by atoms with van der Waals surface area (Å²) < 4.78 is 0. The summed E-state index contributed by atoms with van der Waals surface area (Å²) in [6.07, 6.45) is 0. The summed E-state index contributed by atoms with van der Waals surface area (Å²) in [5, 5.41) is 10.8. The quantitative estimate of drug-likeness (QED) is 0.615. The third kappa shape index (κ3) is 4.43. The fraction of sp³-hybridized carbons (Fsp3) is 0.407. The number of rotatable bonds is 8. The van der Waals surface area contributed by atoms with E-state index in [1.807, 2.05) is 50.2 Å². The van der Waals surface area contributed by atoms with Gasteiger partial charge in [0.2, 0.25) is 0 Å². The number of amides is 1. The zero-order valence-corrected chi connectivity index (χ0v) is 20.0. The van der Waals surface area contributed by atoms with Crippen LogP contribution in [-0.4, -0.2) is 34.8 Å². The van der Waals surface area contributed by atoms with E-state index in [0.717, 1.165) is 41.0 Å². The molecule has 1 heterocycles. The highest BCUT2D eigenvalue weighted by atomic mass is 16.3. The number of aliphatic hydroxyl groups excluding tert-OH is 1. The van der Waals surface area contributed by atoms with Crippen molar-refractivity contribution in [2.75, 3.05) is 18.0 Å². The van der Waals surface area contributed by atoms with Crippen molar-refractivity contribution < 1.29 is 14.7 Å². The Labute approximate surface area is 191 Å². The van der Waals surface area contributed by atoms with Crippen molar-refractivity contribution in [2.24, 2.45) is 5.92 Å². The first kappa shape index (κ1) is 23.6. The van der Waals surface area contributed by atoms with Gasteiger partial charge >= 0.3 is 0 Å². The first-order valence-electron chi connectivity index (χ1n) is 11.4. The van der Waals surface area contributed by atoms with Crippen molar-refractivity contribution >= 4 is 17.4 Å². The highest BCUT2D eigenvalue weighted by molar-refractivity contribution is 6.09. The summed E-state index contributed by atoms with van der Waals surface area (Å²) >= 11 is 0. The molecule has 0 aromatic heterocycles. The average molecular weight is 435 g/mol. The van der Waals surface area contributed by atoms with Gasteiger partial charge in [-0.25, -0.2) is 0 Å². The number of ketones is 1. The van der Waals surface area contributed by atoms with Crippen LogP contribution in [0.3, 0.4) is 0 Å². The van der Waals surface area contributed by atoms with Gasteiger partial charge in [0.05, 0.1) is 11.6 Å². The number of nitrogens with zero attached hydrogens (tertiary/aromatic N) is 2. The van der Waals surface area contributed by atoms with E-state index < -0.39 is 17.7 Å². The van der Waals surface area contributed by atoms with Crippen LogP contribution < -0.4 is 4.90 Å². The molecule has 0 saturated carbocycles. The summed E-state index contributed by atoms with van der Waals surface area (Å²) in [6.45, 7) is 14.0. The maximum Gasteiger partial charge on any atom is 0.290 e. The molecular weight excluding hydrogens is 400 g/mol. The third-order valence-electron chi connectivity index (χ3n) is 6.28. The zero-order valence-electron chi connectivity index (χ0n) is 20.0. The van der Waals surface area contributed by atoms with Crippen LogP contribution in [0.5, 0.6) is 0 Å². The van der Waals surface area contributed by atoms with Crippen LogP contribution in [0.2, 0.25) is 0 Å².